The maximum Gasteiger partial charge on any atom is 0.307 e. The van der Waals surface area contributed by atoms with E-state index < -0.39 is 5.97 Å². The van der Waals surface area contributed by atoms with Crippen LogP contribution >= 0.6 is 0 Å². The Hall–Kier alpha value is -1.43. The van der Waals surface area contributed by atoms with Gasteiger partial charge in [-0.25, -0.2) is 9.67 Å². The number of carboxylic acid groups (broad SMARTS) is 1. The Kier molecular flexibility index (Phi) is 4.24. The van der Waals surface area contributed by atoms with Crippen LogP contribution < -0.4 is 0 Å². The smallest absolute Gasteiger partial charge is 0.307 e. The highest BCUT2D eigenvalue weighted by Gasteiger charge is 2.27. The molecule has 0 radical (unpaired) electrons. The third-order valence-electron chi connectivity index (χ3n) is 4.89. The number of rotatable bonds is 4. The SMILES string of the molecule is CCN1CCC(Cc2nc3n(n2)CCC(C(=O)O)C3)CC1. The van der Waals surface area contributed by atoms with Crippen LogP contribution in [0.3, 0.4) is 0 Å². The summed E-state index contributed by atoms with van der Waals surface area (Å²) in [5, 5.41) is 13.7. The van der Waals surface area contributed by atoms with Crippen molar-refractivity contribution in [2.45, 2.75) is 45.6 Å². The normalized spacial score (nSPS) is 24.0. The maximum atomic E-state index is 11.1. The summed E-state index contributed by atoms with van der Waals surface area (Å²) in [7, 11) is 0. The van der Waals surface area contributed by atoms with Crippen LogP contribution in [0.15, 0.2) is 0 Å². The van der Waals surface area contributed by atoms with Gasteiger partial charge in [-0.15, -0.1) is 0 Å². The van der Waals surface area contributed by atoms with Crippen LogP contribution in [0.5, 0.6) is 0 Å². The van der Waals surface area contributed by atoms with Gasteiger partial charge in [-0.05, 0) is 44.8 Å². The van der Waals surface area contributed by atoms with Crippen molar-refractivity contribution in [2.24, 2.45) is 11.8 Å². The first-order chi connectivity index (χ1) is 10.2. The molecule has 2 aliphatic heterocycles. The fraction of sp³-hybridized carbons (Fsp3) is 0.800. The number of piperidine rings is 1. The highest BCUT2D eigenvalue weighted by molar-refractivity contribution is 5.70. The number of fused-ring (bicyclic) bond motifs is 1. The molecule has 0 bridgehead atoms. The predicted molar refractivity (Wildman–Crippen MR) is 78.0 cm³/mol. The fourth-order valence-electron chi connectivity index (χ4n) is 3.42. The van der Waals surface area contributed by atoms with Crippen molar-refractivity contribution in [3.05, 3.63) is 11.6 Å². The summed E-state index contributed by atoms with van der Waals surface area (Å²) in [4.78, 5) is 18.2. The average molecular weight is 292 g/mol. The number of likely N-dealkylation sites (tertiary alicyclic amines) is 1. The molecule has 1 aromatic rings. The van der Waals surface area contributed by atoms with E-state index in [1.54, 1.807) is 0 Å². The van der Waals surface area contributed by atoms with Gasteiger partial charge in [-0.2, -0.15) is 5.10 Å². The van der Waals surface area contributed by atoms with Gasteiger partial charge in [0.05, 0.1) is 5.92 Å². The van der Waals surface area contributed by atoms with E-state index in [9.17, 15) is 4.79 Å². The molecule has 6 heteroatoms. The molecule has 0 spiro atoms. The van der Waals surface area contributed by atoms with Crippen molar-refractivity contribution in [3.63, 3.8) is 0 Å². The Labute approximate surface area is 125 Å². The van der Waals surface area contributed by atoms with Crippen molar-refractivity contribution in [3.8, 4) is 0 Å². The molecule has 116 valence electrons. The van der Waals surface area contributed by atoms with Crippen molar-refractivity contribution in [2.75, 3.05) is 19.6 Å². The van der Waals surface area contributed by atoms with Crippen molar-refractivity contribution in [1.82, 2.24) is 19.7 Å². The molecule has 0 aliphatic carbocycles. The van der Waals surface area contributed by atoms with Gasteiger partial charge in [0.15, 0.2) is 5.82 Å². The monoisotopic (exact) mass is 292 g/mol. The lowest BCUT2D eigenvalue weighted by molar-refractivity contribution is -0.142. The van der Waals surface area contributed by atoms with Crippen LogP contribution in [0.1, 0.15) is 37.8 Å². The van der Waals surface area contributed by atoms with Gasteiger partial charge in [-0.3, -0.25) is 4.79 Å². The summed E-state index contributed by atoms with van der Waals surface area (Å²) in [6.07, 6.45) is 4.57. The molecule has 1 N–H and O–H groups in total. The minimum absolute atomic E-state index is 0.289. The highest BCUT2D eigenvalue weighted by atomic mass is 16.4. The van der Waals surface area contributed by atoms with Gasteiger partial charge >= 0.3 is 5.97 Å². The molecular formula is C15H24N4O2. The quantitative estimate of drug-likeness (QED) is 0.903. The summed E-state index contributed by atoms with van der Waals surface area (Å²) in [5.74, 6) is 1.44. The van der Waals surface area contributed by atoms with Gasteiger partial charge in [0.1, 0.15) is 5.82 Å². The molecule has 1 aromatic heterocycles. The molecule has 0 amide bonds. The number of hydrogen-bond acceptors (Lipinski definition) is 4. The molecule has 21 heavy (non-hydrogen) atoms. The van der Waals surface area contributed by atoms with Gasteiger partial charge in [0, 0.05) is 19.4 Å². The first-order valence-electron chi connectivity index (χ1n) is 8.03. The second-order valence-corrected chi connectivity index (χ2v) is 6.28. The maximum absolute atomic E-state index is 11.1. The largest absolute Gasteiger partial charge is 0.481 e. The van der Waals surface area contributed by atoms with Crippen LogP contribution in [-0.4, -0.2) is 50.4 Å². The summed E-state index contributed by atoms with van der Waals surface area (Å²) < 4.78 is 1.91. The van der Waals surface area contributed by atoms with E-state index in [-0.39, 0.29) is 5.92 Å². The number of carbonyl (C=O) groups is 1. The van der Waals surface area contributed by atoms with Crippen molar-refractivity contribution >= 4 is 5.97 Å². The lowest BCUT2D eigenvalue weighted by Crippen LogP contribution is -2.34. The van der Waals surface area contributed by atoms with Gasteiger partial charge in [0.2, 0.25) is 0 Å². The Morgan fingerprint density at radius 2 is 2.05 bits per heavy atom. The van der Waals surface area contributed by atoms with E-state index in [4.69, 9.17) is 5.11 Å². The number of aryl methyl sites for hydroxylation is 1. The number of nitrogens with zero attached hydrogens (tertiary/aromatic N) is 4. The van der Waals surface area contributed by atoms with E-state index in [1.165, 1.54) is 25.9 Å². The van der Waals surface area contributed by atoms with E-state index >= 15 is 0 Å². The standard InChI is InChI=1S/C15H24N4O2/c1-2-18-6-3-11(4-7-18)9-13-16-14-10-12(15(20)21)5-8-19(14)17-13/h11-12H,2-10H2,1H3,(H,20,21). The molecule has 2 aliphatic rings. The first-order valence-corrected chi connectivity index (χ1v) is 8.03. The zero-order valence-electron chi connectivity index (χ0n) is 12.7. The van der Waals surface area contributed by atoms with E-state index in [2.05, 4.69) is 21.9 Å². The van der Waals surface area contributed by atoms with Crippen LogP contribution in [0.25, 0.3) is 0 Å². The lowest BCUT2D eigenvalue weighted by atomic mass is 9.93. The molecule has 3 heterocycles. The molecule has 0 saturated carbocycles. The summed E-state index contributed by atoms with van der Waals surface area (Å²) >= 11 is 0. The van der Waals surface area contributed by atoms with Crippen LogP contribution in [0.2, 0.25) is 0 Å². The minimum Gasteiger partial charge on any atom is -0.481 e. The van der Waals surface area contributed by atoms with Gasteiger partial charge in [-0.1, -0.05) is 6.92 Å². The first kappa shape index (κ1) is 14.5. The van der Waals surface area contributed by atoms with E-state index in [1.807, 2.05) is 4.68 Å². The van der Waals surface area contributed by atoms with Gasteiger partial charge in [0.25, 0.3) is 0 Å². The molecule has 1 unspecified atom stereocenters. The number of aromatic nitrogens is 3. The van der Waals surface area contributed by atoms with E-state index in [0.29, 0.717) is 25.3 Å². The third kappa shape index (κ3) is 3.26. The number of aliphatic carboxylic acids is 1. The molecule has 6 nitrogen and oxygen atoms in total. The molecule has 3 rings (SSSR count). The van der Waals surface area contributed by atoms with Crippen LogP contribution in [0, 0.1) is 11.8 Å². The van der Waals surface area contributed by atoms with Gasteiger partial charge < -0.3 is 10.0 Å². The third-order valence-corrected chi connectivity index (χ3v) is 4.89. The van der Waals surface area contributed by atoms with E-state index in [0.717, 1.165) is 24.6 Å². The molecule has 1 atom stereocenters. The topological polar surface area (TPSA) is 71.2 Å². The highest BCUT2D eigenvalue weighted by Crippen LogP contribution is 2.23. The second kappa shape index (κ2) is 6.13. The van der Waals surface area contributed by atoms with Crippen molar-refractivity contribution in [1.29, 1.82) is 0 Å². The second-order valence-electron chi connectivity index (χ2n) is 6.28. The minimum atomic E-state index is -0.710. The fourth-order valence-corrected chi connectivity index (χ4v) is 3.42. The molecular weight excluding hydrogens is 268 g/mol. The Morgan fingerprint density at radius 1 is 1.29 bits per heavy atom. The lowest BCUT2D eigenvalue weighted by Gasteiger charge is -2.30. The van der Waals surface area contributed by atoms with Crippen LogP contribution in [0.4, 0.5) is 0 Å². The summed E-state index contributed by atoms with van der Waals surface area (Å²) in [6.45, 7) is 6.39. The number of hydrogen-bond donors (Lipinski definition) is 1. The Balaban J connectivity index is 1.60. The molecule has 1 saturated heterocycles. The zero-order chi connectivity index (χ0) is 14.8. The molecule has 1 fully saturated rings. The summed E-state index contributed by atoms with van der Waals surface area (Å²) in [5.41, 5.74) is 0. The van der Waals surface area contributed by atoms with Crippen molar-refractivity contribution < 1.29 is 9.90 Å². The average Bonchev–Trinajstić information content (AvgIpc) is 2.89. The summed E-state index contributed by atoms with van der Waals surface area (Å²) in [6, 6.07) is 0. The number of carboxylic acids is 1. The zero-order valence-corrected chi connectivity index (χ0v) is 12.7. The predicted octanol–water partition coefficient (Wildman–Crippen LogP) is 1.20. The Morgan fingerprint density at radius 3 is 2.71 bits per heavy atom. The molecule has 0 aromatic carbocycles. The van der Waals surface area contributed by atoms with Crippen LogP contribution in [-0.2, 0) is 24.2 Å². The Bertz CT molecular complexity index is 506.